The number of thioether (sulfide) groups is 1. The number of carbonyl (C=O) groups is 3. The Bertz CT molecular complexity index is 1920. The van der Waals surface area contributed by atoms with Gasteiger partial charge in [0.25, 0.3) is 5.91 Å². The summed E-state index contributed by atoms with van der Waals surface area (Å²) in [5.74, 6) is -2.02. The van der Waals surface area contributed by atoms with Gasteiger partial charge in [0, 0.05) is 27.3 Å². The molecule has 1 saturated heterocycles. The van der Waals surface area contributed by atoms with E-state index in [1.54, 1.807) is 11.8 Å². The Morgan fingerprint density at radius 1 is 1.00 bits per heavy atom. The van der Waals surface area contributed by atoms with Gasteiger partial charge in [-0.2, -0.15) is 0 Å². The van der Waals surface area contributed by atoms with Crippen LogP contribution in [0.3, 0.4) is 0 Å². The minimum absolute atomic E-state index is 0.00147. The summed E-state index contributed by atoms with van der Waals surface area (Å²) in [6.07, 6.45) is 0.740. The third-order valence-electron chi connectivity index (χ3n) is 9.72. The van der Waals surface area contributed by atoms with E-state index in [4.69, 9.17) is 4.74 Å². The number of nitrogens with one attached hydrogen (secondary N) is 2. The van der Waals surface area contributed by atoms with Crippen molar-refractivity contribution in [3.05, 3.63) is 104 Å². The molecule has 45 heavy (non-hydrogen) atoms. The van der Waals surface area contributed by atoms with Crippen LogP contribution < -0.4 is 19.8 Å². The molecule has 1 aromatic heterocycles. The zero-order valence-corrected chi connectivity index (χ0v) is 25.7. The predicted octanol–water partition coefficient (Wildman–Crippen LogP) is 5.58. The van der Waals surface area contributed by atoms with Crippen LogP contribution in [0, 0.1) is 42.3 Å². The van der Waals surface area contributed by atoms with Crippen molar-refractivity contribution in [2.75, 3.05) is 16.8 Å². The van der Waals surface area contributed by atoms with E-state index in [1.165, 1.54) is 40.5 Å². The predicted molar refractivity (Wildman–Crippen MR) is 169 cm³/mol. The lowest BCUT2D eigenvalue weighted by atomic mass is 9.68. The Morgan fingerprint density at radius 3 is 2.53 bits per heavy atom. The number of ether oxygens (including phenoxy) is 1. The minimum atomic E-state index is -0.484. The quantitative estimate of drug-likeness (QED) is 0.266. The van der Waals surface area contributed by atoms with Crippen molar-refractivity contribution in [2.24, 2.45) is 29.6 Å². The smallest absolute Gasteiger partial charge is 0.305 e. The molecule has 3 heterocycles. The highest BCUT2D eigenvalue weighted by atomic mass is 32.2. The largest absolute Gasteiger partial charge is 0.483 e. The SMILES string of the molecule is Cc1cccc(NC(=O)COc2ccccc2[C@H]2c3sc(=O)[nH]c3SC3C2[C@H]2C[C@@H]3C3C(=O)N(c4ccc(F)cc4)C(=O)C32)c1. The highest BCUT2D eigenvalue weighted by molar-refractivity contribution is 8.00. The third kappa shape index (κ3) is 4.54. The zero-order chi connectivity index (χ0) is 31.0. The molecule has 7 atom stereocenters. The van der Waals surface area contributed by atoms with Crippen LogP contribution in [0.15, 0.2) is 82.6 Å². The van der Waals surface area contributed by atoms with E-state index in [2.05, 4.69) is 10.3 Å². The lowest BCUT2D eigenvalue weighted by Gasteiger charge is -2.43. The maximum atomic E-state index is 13.9. The molecule has 8 rings (SSSR count). The summed E-state index contributed by atoms with van der Waals surface area (Å²) in [5.41, 5.74) is 2.96. The molecule has 2 bridgehead atoms. The molecule has 4 unspecified atom stereocenters. The molecule has 4 aliphatic rings. The number of aryl methyl sites for hydroxylation is 1. The molecule has 4 aromatic rings. The normalized spacial score (nSPS) is 27.7. The standard InChI is InChI=1S/C34H28FN3O5S2/c1-16-5-4-6-18(13-16)36-24(39)15-43-23-8-3-2-7-20(23)25-26-21-14-22(29(26)44-31-30(25)45-34(42)37-31)28-27(21)32(40)38(33(28)41)19-11-9-17(35)10-12-19/h2-13,21-22,25-29H,14-15H2,1H3,(H,36,39)(H,37,42)/t21-,22-,25-,26?,27?,28?,29?/m1/s1. The molecule has 228 valence electrons. The fourth-order valence-corrected chi connectivity index (χ4v) is 11.0. The lowest BCUT2D eigenvalue weighted by molar-refractivity contribution is -0.123. The number of aromatic nitrogens is 1. The van der Waals surface area contributed by atoms with Crippen LogP contribution in [0.5, 0.6) is 5.75 Å². The van der Waals surface area contributed by atoms with Crippen molar-refractivity contribution in [2.45, 2.75) is 29.5 Å². The fraction of sp³-hybridized carbons (Fsp3) is 0.294. The first-order valence-electron chi connectivity index (χ1n) is 14.9. The number of rotatable bonds is 6. The Morgan fingerprint density at radius 2 is 1.76 bits per heavy atom. The first-order valence-corrected chi connectivity index (χ1v) is 16.6. The van der Waals surface area contributed by atoms with Crippen LogP contribution in [-0.2, 0) is 14.4 Å². The van der Waals surface area contributed by atoms with Crippen LogP contribution in [0.25, 0.3) is 0 Å². The number of halogens is 1. The molecule has 2 aliphatic heterocycles. The number of hydrogen-bond donors (Lipinski definition) is 2. The monoisotopic (exact) mass is 641 g/mol. The summed E-state index contributed by atoms with van der Waals surface area (Å²) < 4.78 is 19.8. The van der Waals surface area contributed by atoms with Gasteiger partial charge >= 0.3 is 4.87 Å². The van der Waals surface area contributed by atoms with Crippen molar-refractivity contribution in [1.29, 1.82) is 0 Å². The van der Waals surface area contributed by atoms with Gasteiger partial charge in [-0.3, -0.25) is 24.1 Å². The van der Waals surface area contributed by atoms with Gasteiger partial charge in [0.1, 0.15) is 11.6 Å². The molecule has 2 aliphatic carbocycles. The minimum Gasteiger partial charge on any atom is -0.483 e. The first-order chi connectivity index (χ1) is 21.8. The maximum absolute atomic E-state index is 13.9. The number of hydrogen-bond acceptors (Lipinski definition) is 7. The number of amides is 3. The van der Waals surface area contributed by atoms with Gasteiger partial charge in [0.15, 0.2) is 6.61 Å². The van der Waals surface area contributed by atoms with E-state index in [-0.39, 0.29) is 58.1 Å². The molecule has 3 aromatic carbocycles. The molecule has 2 saturated carbocycles. The number of para-hydroxylation sites is 1. The van der Waals surface area contributed by atoms with Gasteiger partial charge in [-0.25, -0.2) is 4.39 Å². The Labute approximate surface area is 266 Å². The Kier molecular flexibility index (Phi) is 6.72. The van der Waals surface area contributed by atoms with Gasteiger partial charge in [-0.05, 0) is 79.1 Å². The van der Waals surface area contributed by atoms with Crippen molar-refractivity contribution >= 4 is 52.2 Å². The van der Waals surface area contributed by atoms with Gasteiger partial charge in [0.2, 0.25) is 11.8 Å². The number of anilines is 2. The molecule has 8 nitrogen and oxygen atoms in total. The summed E-state index contributed by atoms with van der Waals surface area (Å²) in [6, 6.07) is 20.6. The number of thiazole rings is 1. The Balaban J connectivity index is 1.12. The molecule has 3 fully saturated rings. The number of imide groups is 1. The summed E-state index contributed by atoms with van der Waals surface area (Å²) in [6.45, 7) is 1.75. The number of H-pyrrole nitrogens is 1. The van der Waals surface area contributed by atoms with Crippen LogP contribution in [0.2, 0.25) is 0 Å². The van der Waals surface area contributed by atoms with Gasteiger partial charge in [-0.1, -0.05) is 41.7 Å². The lowest BCUT2D eigenvalue weighted by Crippen LogP contribution is -2.42. The average Bonchev–Trinajstić information content (AvgIpc) is 3.76. The Hall–Kier alpha value is -4.22. The van der Waals surface area contributed by atoms with E-state index in [0.717, 1.165) is 27.5 Å². The molecule has 3 amide bonds. The molecular weight excluding hydrogens is 614 g/mol. The second-order valence-corrected chi connectivity index (χ2v) is 14.4. The van der Waals surface area contributed by atoms with E-state index < -0.39 is 17.7 Å². The van der Waals surface area contributed by atoms with Crippen LogP contribution in [0.1, 0.15) is 28.3 Å². The zero-order valence-electron chi connectivity index (χ0n) is 24.1. The van der Waals surface area contributed by atoms with Crippen molar-refractivity contribution in [1.82, 2.24) is 4.98 Å². The summed E-state index contributed by atoms with van der Waals surface area (Å²) in [7, 11) is 0. The fourth-order valence-electron chi connectivity index (χ4n) is 8.14. The third-order valence-corrected chi connectivity index (χ3v) is 12.3. The first kappa shape index (κ1) is 28.3. The second kappa shape index (κ2) is 10.7. The van der Waals surface area contributed by atoms with Crippen molar-refractivity contribution in [3.8, 4) is 5.75 Å². The molecule has 0 spiro atoms. The summed E-state index contributed by atoms with van der Waals surface area (Å²) >= 11 is 2.77. The van der Waals surface area contributed by atoms with E-state index in [9.17, 15) is 23.6 Å². The van der Waals surface area contributed by atoms with Crippen LogP contribution in [-0.4, -0.2) is 34.6 Å². The number of nitrogens with zero attached hydrogens (tertiary/aromatic N) is 1. The van der Waals surface area contributed by atoms with Crippen LogP contribution in [0.4, 0.5) is 15.8 Å². The van der Waals surface area contributed by atoms with Crippen LogP contribution >= 0.6 is 23.1 Å². The summed E-state index contributed by atoms with van der Waals surface area (Å²) in [4.78, 5) is 58.2. The summed E-state index contributed by atoms with van der Waals surface area (Å²) in [5, 5.41) is 3.67. The van der Waals surface area contributed by atoms with Gasteiger partial charge in [-0.15, -0.1) is 11.8 Å². The van der Waals surface area contributed by atoms with E-state index >= 15 is 0 Å². The molecule has 11 heteroatoms. The highest BCUT2D eigenvalue weighted by Gasteiger charge is 2.69. The highest BCUT2D eigenvalue weighted by Crippen LogP contribution is 2.69. The van der Waals surface area contributed by atoms with Gasteiger partial charge < -0.3 is 15.0 Å². The average molecular weight is 642 g/mol. The number of carbonyl (C=O) groups excluding carboxylic acids is 3. The van der Waals surface area contributed by atoms with E-state index in [1.807, 2.05) is 55.5 Å². The number of benzene rings is 3. The second-order valence-electron chi connectivity index (χ2n) is 12.2. The number of aromatic amines is 1. The molecular formula is C34H28FN3O5S2. The molecule has 0 radical (unpaired) electrons. The van der Waals surface area contributed by atoms with E-state index in [0.29, 0.717) is 17.1 Å². The number of fused-ring (bicyclic) bond motifs is 9. The topological polar surface area (TPSA) is 109 Å². The van der Waals surface area contributed by atoms with Gasteiger partial charge in [0.05, 0.1) is 22.5 Å². The van der Waals surface area contributed by atoms with Crippen molar-refractivity contribution < 1.29 is 23.5 Å². The maximum Gasteiger partial charge on any atom is 0.305 e. The molecule has 2 N–H and O–H groups in total. The van der Waals surface area contributed by atoms with Crippen molar-refractivity contribution in [3.63, 3.8) is 0 Å².